The SMILES string of the molecule is COc1cccc(CN2CCC(CCO)CC2)c1OC[C@@H](O)CN1CCOCC1. The maximum atomic E-state index is 10.4. The molecule has 0 aromatic heterocycles. The fourth-order valence-corrected chi connectivity index (χ4v) is 4.18. The van der Waals surface area contributed by atoms with Crippen molar-refractivity contribution in [2.45, 2.75) is 31.9 Å². The number of hydrogen-bond acceptors (Lipinski definition) is 7. The molecule has 7 heteroatoms. The lowest BCUT2D eigenvalue weighted by Crippen LogP contribution is -2.42. The Balaban J connectivity index is 1.56. The van der Waals surface area contributed by atoms with Gasteiger partial charge in [-0.15, -0.1) is 0 Å². The van der Waals surface area contributed by atoms with Crippen LogP contribution in [0, 0.1) is 5.92 Å². The summed E-state index contributed by atoms with van der Waals surface area (Å²) < 4.78 is 17.0. The summed E-state index contributed by atoms with van der Waals surface area (Å²) in [6.45, 7) is 7.12. The van der Waals surface area contributed by atoms with E-state index in [1.807, 2.05) is 12.1 Å². The topological polar surface area (TPSA) is 74.6 Å². The van der Waals surface area contributed by atoms with Crippen LogP contribution in [-0.4, -0.2) is 92.4 Å². The van der Waals surface area contributed by atoms with Crippen molar-refractivity contribution in [1.82, 2.24) is 9.80 Å². The third kappa shape index (κ3) is 6.83. The quantitative estimate of drug-likeness (QED) is 0.606. The summed E-state index contributed by atoms with van der Waals surface area (Å²) in [6, 6.07) is 5.97. The van der Waals surface area contributed by atoms with E-state index in [1.54, 1.807) is 7.11 Å². The van der Waals surface area contributed by atoms with Crippen molar-refractivity contribution in [3.8, 4) is 11.5 Å². The zero-order valence-electron chi connectivity index (χ0n) is 17.6. The molecule has 2 aliphatic heterocycles. The summed E-state index contributed by atoms with van der Waals surface area (Å²) in [5.41, 5.74) is 1.09. The Hall–Kier alpha value is -1.38. The molecule has 1 aromatic rings. The summed E-state index contributed by atoms with van der Waals surface area (Å²) in [4.78, 5) is 4.64. The van der Waals surface area contributed by atoms with Gasteiger partial charge in [0.1, 0.15) is 12.7 Å². The zero-order valence-corrected chi connectivity index (χ0v) is 17.6. The molecule has 0 bridgehead atoms. The summed E-state index contributed by atoms with van der Waals surface area (Å²) in [6.07, 6.45) is 2.60. The van der Waals surface area contributed by atoms with Gasteiger partial charge in [-0.25, -0.2) is 0 Å². The molecule has 2 fully saturated rings. The Morgan fingerprint density at radius 1 is 1.14 bits per heavy atom. The van der Waals surface area contributed by atoms with Gasteiger partial charge in [-0.1, -0.05) is 12.1 Å². The van der Waals surface area contributed by atoms with Crippen LogP contribution in [0.5, 0.6) is 11.5 Å². The largest absolute Gasteiger partial charge is 0.493 e. The average Bonchev–Trinajstić information content (AvgIpc) is 2.75. The van der Waals surface area contributed by atoms with Crippen LogP contribution in [0.4, 0.5) is 0 Å². The molecule has 0 saturated carbocycles. The number of aliphatic hydroxyl groups excluding tert-OH is 2. The Kier molecular flexibility index (Phi) is 9.01. The molecule has 0 radical (unpaired) electrons. The molecule has 2 aliphatic rings. The lowest BCUT2D eigenvalue weighted by Gasteiger charge is -2.32. The van der Waals surface area contributed by atoms with Crippen LogP contribution >= 0.6 is 0 Å². The molecule has 164 valence electrons. The van der Waals surface area contributed by atoms with Gasteiger partial charge in [-0.3, -0.25) is 9.80 Å². The number of nitrogens with zero attached hydrogens (tertiary/aromatic N) is 2. The van der Waals surface area contributed by atoms with Gasteiger partial charge in [-0.2, -0.15) is 0 Å². The molecule has 29 heavy (non-hydrogen) atoms. The van der Waals surface area contributed by atoms with Crippen molar-refractivity contribution in [2.75, 3.05) is 66.3 Å². The number of likely N-dealkylation sites (tertiary alicyclic amines) is 1. The van der Waals surface area contributed by atoms with E-state index in [9.17, 15) is 5.11 Å². The van der Waals surface area contributed by atoms with Gasteiger partial charge in [0.15, 0.2) is 11.5 Å². The van der Waals surface area contributed by atoms with Crippen molar-refractivity contribution in [1.29, 1.82) is 0 Å². The minimum Gasteiger partial charge on any atom is -0.493 e. The molecule has 1 atom stereocenters. The number of methoxy groups -OCH3 is 1. The minimum atomic E-state index is -0.555. The van der Waals surface area contributed by atoms with E-state index in [4.69, 9.17) is 19.3 Å². The third-order valence-electron chi connectivity index (χ3n) is 5.91. The van der Waals surface area contributed by atoms with Gasteiger partial charge < -0.3 is 24.4 Å². The van der Waals surface area contributed by atoms with Crippen molar-refractivity contribution >= 4 is 0 Å². The van der Waals surface area contributed by atoms with Gasteiger partial charge >= 0.3 is 0 Å². The van der Waals surface area contributed by atoms with Crippen molar-refractivity contribution < 1.29 is 24.4 Å². The number of hydrogen-bond donors (Lipinski definition) is 2. The summed E-state index contributed by atoms with van der Waals surface area (Å²) >= 11 is 0. The number of ether oxygens (including phenoxy) is 3. The molecule has 1 aromatic carbocycles. The van der Waals surface area contributed by atoms with Crippen molar-refractivity contribution in [3.05, 3.63) is 23.8 Å². The molecule has 2 saturated heterocycles. The van der Waals surface area contributed by atoms with Gasteiger partial charge in [-0.05, 0) is 44.3 Å². The lowest BCUT2D eigenvalue weighted by molar-refractivity contribution is 0.00428. The van der Waals surface area contributed by atoms with Gasteiger partial charge in [0, 0.05) is 38.3 Å². The first-order valence-electron chi connectivity index (χ1n) is 10.8. The van der Waals surface area contributed by atoms with E-state index in [-0.39, 0.29) is 13.2 Å². The average molecular weight is 409 g/mol. The lowest BCUT2D eigenvalue weighted by atomic mass is 9.93. The molecule has 3 rings (SSSR count). The Morgan fingerprint density at radius 2 is 1.90 bits per heavy atom. The minimum absolute atomic E-state index is 0.239. The fraction of sp³-hybridized carbons (Fsp3) is 0.727. The van der Waals surface area contributed by atoms with Crippen molar-refractivity contribution in [3.63, 3.8) is 0 Å². The molecule has 2 heterocycles. The number of rotatable bonds is 10. The van der Waals surface area contributed by atoms with Gasteiger partial charge in [0.25, 0.3) is 0 Å². The second kappa shape index (κ2) is 11.7. The standard InChI is InChI=1S/C22H36N2O5/c1-27-21-4-2-3-19(15-23-8-5-18(6-9-23)7-12-25)22(21)29-17-20(26)16-24-10-13-28-14-11-24/h2-4,18,20,25-26H,5-17H2,1H3/t20-/m0/s1. The highest BCUT2D eigenvalue weighted by atomic mass is 16.5. The highest BCUT2D eigenvalue weighted by Crippen LogP contribution is 2.33. The molecule has 0 amide bonds. The summed E-state index contributed by atoms with van der Waals surface area (Å²) in [7, 11) is 1.65. The van der Waals surface area contributed by atoms with Gasteiger partial charge in [0.2, 0.25) is 0 Å². The first-order valence-corrected chi connectivity index (χ1v) is 10.8. The molecule has 0 aliphatic carbocycles. The van der Waals surface area contributed by atoms with E-state index >= 15 is 0 Å². The number of piperidine rings is 1. The van der Waals surface area contributed by atoms with Crippen LogP contribution in [0.3, 0.4) is 0 Å². The molecule has 2 N–H and O–H groups in total. The van der Waals surface area contributed by atoms with Crippen LogP contribution in [0.15, 0.2) is 18.2 Å². The van der Waals surface area contributed by atoms with Crippen LogP contribution < -0.4 is 9.47 Å². The molecule has 7 nitrogen and oxygen atoms in total. The normalized spacial score (nSPS) is 20.5. The first kappa shape index (κ1) is 22.3. The van der Waals surface area contributed by atoms with Crippen molar-refractivity contribution in [2.24, 2.45) is 5.92 Å². The number of β-amino-alcohol motifs (C(OH)–C–C–N with tert-alkyl or cyclic N) is 1. The Labute approximate surface area is 174 Å². The molecular weight excluding hydrogens is 372 g/mol. The number of para-hydroxylation sites is 1. The Morgan fingerprint density at radius 3 is 2.59 bits per heavy atom. The van der Waals surface area contributed by atoms with Crippen LogP contribution in [-0.2, 0) is 11.3 Å². The van der Waals surface area contributed by atoms with E-state index in [0.717, 1.165) is 76.5 Å². The maximum absolute atomic E-state index is 10.4. The van der Waals surface area contributed by atoms with Gasteiger partial charge in [0.05, 0.1) is 20.3 Å². The second-order valence-corrected chi connectivity index (χ2v) is 8.06. The Bertz CT molecular complexity index is 601. The fourth-order valence-electron chi connectivity index (χ4n) is 4.18. The van der Waals surface area contributed by atoms with Crippen LogP contribution in [0.2, 0.25) is 0 Å². The third-order valence-corrected chi connectivity index (χ3v) is 5.91. The highest BCUT2D eigenvalue weighted by Gasteiger charge is 2.22. The van der Waals surface area contributed by atoms with Crippen LogP contribution in [0.25, 0.3) is 0 Å². The molecule has 0 unspecified atom stereocenters. The maximum Gasteiger partial charge on any atom is 0.165 e. The van der Waals surface area contributed by atoms with E-state index in [1.165, 1.54) is 0 Å². The first-order chi connectivity index (χ1) is 14.2. The predicted octanol–water partition coefficient (Wildman–Crippen LogP) is 1.36. The monoisotopic (exact) mass is 408 g/mol. The summed E-state index contributed by atoms with van der Waals surface area (Å²) in [5.74, 6) is 2.07. The van der Waals surface area contributed by atoms with E-state index in [2.05, 4.69) is 15.9 Å². The second-order valence-electron chi connectivity index (χ2n) is 8.06. The predicted molar refractivity (Wildman–Crippen MR) is 111 cm³/mol. The number of aliphatic hydroxyl groups is 2. The highest BCUT2D eigenvalue weighted by molar-refractivity contribution is 5.46. The smallest absolute Gasteiger partial charge is 0.165 e. The molecule has 0 spiro atoms. The van der Waals surface area contributed by atoms with E-state index in [0.29, 0.717) is 18.2 Å². The number of benzene rings is 1. The van der Waals surface area contributed by atoms with Crippen LogP contribution in [0.1, 0.15) is 24.8 Å². The zero-order chi connectivity index (χ0) is 20.5. The van der Waals surface area contributed by atoms with E-state index < -0.39 is 6.10 Å². The number of morpholine rings is 1. The summed E-state index contributed by atoms with van der Waals surface area (Å²) in [5, 5.41) is 19.6. The molecular formula is C22H36N2O5.